The minimum atomic E-state index is -1.08. The van der Waals surface area contributed by atoms with Crippen molar-refractivity contribution in [2.24, 2.45) is 0 Å². The van der Waals surface area contributed by atoms with Crippen LogP contribution in [-0.4, -0.2) is 53.7 Å². The van der Waals surface area contributed by atoms with Gasteiger partial charge in [0.15, 0.2) is 0 Å². The smallest absolute Gasteiger partial charge is 0.229 e. The number of hydrogen-bond donors (Lipinski definition) is 1. The number of rotatable bonds is 7. The second kappa shape index (κ2) is 9.74. The first-order valence-corrected chi connectivity index (χ1v) is 11.5. The molecule has 0 radical (unpaired) electrons. The molecule has 0 bridgehead atoms. The lowest BCUT2D eigenvalue weighted by Crippen LogP contribution is -2.49. The minimum Gasteiger partial charge on any atom is -0.490 e. The molecule has 2 fully saturated rings. The summed E-state index contributed by atoms with van der Waals surface area (Å²) >= 11 is 0. The normalized spacial score (nSPS) is 18.0. The van der Waals surface area contributed by atoms with Crippen LogP contribution in [0.3, 0.4) is 0 Å². The highest BCUT2D eigenvalue weighted by molar-refractivity contribution is 5.93. The molecule has 2 aromatic rings. The molecule has 0 unspecified atom stereocenters. The fourth-order valence-electron chi connectivity index (χ4n) is 4.20. The third-order valence-corrected chi connectivity index (χ3v) is 6.68. The van der Waals surface area contributed by atoms with Crippen molar-refractivity contribution < 1.29 is 19.4 Å². The fourth-order valence-corrected chi connectivity index (χ4v) is 4.20. The van der Waals surface area contributed by atoms with Gasteiger partial charge >= 0.3 is 0 Å². The van der Waals surface area contributed by atoms with Gasteiger partial charge in [-0.3, -0.25) is 9.59 Å². The predicted molar refractivity (Wildman–Crippen MR) is 124 cm³/mol. The van der Waals surface area contributed by atoms with Crippen molar-refractivity contribution in [1.82, 2.24) is 4.90 Å². The molecule has 1 saturated heterocycles. The summed E-state index contributed by atoms with van der Waals surface area (Å²) < 4.78 is 5.87. The molecular weight excluding hydrogens is 404 g/mol. The van der Waals surface area contributed by atoms with Crippen molar-refractivity contribution >= 4 is 17.5 Å². The molecule has 2 aromatic carbocycles. The van der Waals surface area contributed by atoms with Crippen molar-refractivity contribution in [3.05, 3.63) is 60.2 Å². The largest absolute Gasteiger partial charge is 0.490 e. The van der Waals surface area contributed by atoms with Crippen molar-refractivity contribution in [2.75, 3.05) is 25.0 Å². The third-order valence-electron chi connectivity index (χ3n) is 6.68. The van der Waals surface area contributed by atoms with Gasteiger partial charge in [0.05, 0.1) is 24.5 Å². The Kier molecular flexibility index (Phi) is 6.80. The Morgan fingerprint density at radius 1 is 1.06 bits per heavy atom. The van der Waals surface area contributed by atoms with Crippen LogP contribution in [0, 0.1) is 0 Å². The maximum atomic E-state index is 12.8. The van der Waals surface area contributed by atoms with Crippen LogP contribution < -0.4 is 9.64 Å². The first-order chi connectivity index (χ1) is 15.4. The minimum absolute atomic E-state index is 0.0462. The Balaban J connectivity index is 1.27. The van der Waals surface area contributed by atoms with Crippen molar-refractivity contribution in [3.63, 3.8) is 0 Å². The zero-order valence-corrected chi connectivity index (χ0v) is 18.7. The van der Waals surface area contributed by atoms with E-state index in [1.807, 2.05) is 54.6 Å². The van der Waals surface area contributed by atoms with E-state index in [9.17, 15) is 14.7 Å². The summed E-state index contributed by atoms with van der Waals surface area (Å²) in [6.45, 7) is 0.929. The molecule has 170 valence electrons. The van der Waals surface area contributed by atoms with E-state index in [1.54, 1.807) is 16.8 Å². The van der Waals surface area contributed by atoms with Crippen LogP contribution >= 0.6 is 0 Å². The highest BCUT2D eigenvalue weighted by Crippen LogP contribution is 2.29. The molecular formula is C26H32N2O4. The number of benzene rings is 2. The topological polar surface area (TPSA) is 70.1 Å². The van der Waals surface area contributed by atoms with Gasteiger partial charge < -0.3 is 19.6 Å². The maximum Gasteiger partial charge on any atom is 0.229 e. The van der Waals surface area contributed by atoms with Gasteiger partial charge in [-0.15, -0.1) is 0 Å². The number of carbonyl (C=O) groups excluding carboxylic acids is 2. The summed E-state index contributed by atoms with van der Waals surface area (Å²) in [7, 11) is 1.73. The number of likely N-dealkylation sites (tertiary alicyclic amines) is 1. The average molecular weight is 437 g/mol. The van der Waals surface area contributed by atoms with Gasteiger partial charge in [0, 0.05) is 25.8 Å². The van der Waals surface area contributed by atoms with Crippen LogP contribution in [0.5, 0.6) is 5.75 Å². The van der Waals surface area contributed by atoms with Crippen LogP contribution in [0.4, 0.5) is 5.69 Å². The molecule has 0 spiro atoms. The number of piperidine rings is 1. The summed E-state index contributed by atoms with van der Waals surface area (Å²) in [5.74, 6) is 0.751. The van der Waals surface area contributed by atoms with Gasteiger partial charge in [0.1, 0.15) is 5.75 Å². The zero-order chi connectivity index (χ0) is 22.6. The molecule has 6 heteroatoms. The lowest BCUT2D eigenvalue weighted by atomic mass is 9.87. The number of ether oxygens (including phenoxy) is 1. The van der Waals surface area contributed by atoms with E-state index < -0.39 is 5.60 Å². The maximum absolute atomic E-state index is 12.8. The first-order valence-electron chi connectivity index (χ1n) is 11.5. The molecule has 1 saturated carbocycles. The molecule has 1 N–H and O–H groups in total. The third kappa shape index (κ3) is 5.49. The molecule has 32 heavy (non-hydrogen) atoms. The van der Waals surface area contributed by atoms with Crippen LogP contribution in [0.1, 0.15) is 44.1 Å². The molecule has 1 aliphatic carbocycles. The standard InChI is InChI=1S/C26H32N2O4/c1-27(21-10-12-23(13-11-21)32-22-8-5-9-22)25(30)19-26(31)14-16-28(17-15-26)24(29)18-20-6-3-2-4-7-20/h2-4,6-7,10-13,22,31H,5,8-9,14-19H2,1H3. The summed E-state index contributed by atoms with van der Waals surface area (Å²) in [6, 6.07) is 17.2. The number of nitrogens with zero attached hydrogens (tertiary/aromatic N) is 2. The van der Waals surface area contributed by atoms with Gasteiger partial charge in [-0.2, -0.15) is 0 Å². The Labute approximate surface area is 189 Å². The quantitative estimate of drug-likeness (QED) is 0.721. The molecule has 1 heterocycles. The lowest BCUT2D eigenvalue weighted by Gasteiger charge is -2.38. The summed E-state index contributed by atoms with van der Waals surface area (Å²) in [5.41, 5.74) is 0.677. The number of amides is 2. The highest BCUT2D eigenvalue weighted by atomic mass is 16.5. The monoisotopic (exact) mass is 436 g/mol. The second-order valence-corrected chi connectivity index (χ2v) is 9.06. The number of aliphatic hydroxyl groups is 1. The van der Waals surface area contributed by atoms with Crippen molar-refractivity contribution in [2.45, 2.75) is 56.7 Å². The van der Waals surface area contributed by atoms with E-state index >= 15 is 0 Å². The molecule has 2 amide bonds. The van der Waals surface area contributed by atoms with Crippen LogP contribution in [0.15, 0.2) is 54.6 Å². The first kappa shape index (κ1) is 22.3. The van der Waals surface area contributed by atoms with E-state index in [0.29, 0.717) is 38.5 Å². The molecule has 4 rings (SSSR count). The number of carbonyl (C=O) groups is 2. The van der Waals surface area contributed by atoms with Crippen LogP contribution in [0.2, 0.25) is 0 Å². The summed E-state index contributed by atoms with van der Waals surface area (Å²) in [4.78, 5) is 28.8. The van der Waals surface area contributed by atoms with Crippen molar-refractivity contribution in [3.8, 4) is 5.75 Å². The van der Waals surface area contributed by atoms with Gasteiger partial charge in [0.25, 0.3) is 0 Å². The van der Waals surface area contributed by atoms with Gasteiger partial charge in [0.2, 0.25) is 11.8 Å². The Morgan fingerprint density at radius 3 is 2.31 bits per heavy atom. The highest BCUT2D eigenvalue weighted by Gasteiger charge is 2.36. The van der Waals surface area contributed by atoms with Crippen molar-refractivity contribution in [1.29, 1.82) is 0 Å². The van der Waals surface area contributed by atoms with Gasteiger partial charge in [-0.1, -0.05) is 30.3 Å². The summed E-state index contributed by atoms with van der Waals surface area (Å²) in [6.07, 6.45) is 4.97. The van der Waals surface area contributed by atoms with E-state index in [1.165, 1.54) is 6.42 Å². The van der Waals surface area contributed by atoms with E-state index in [0.717, 1.165) is 29.8 Å². The Morgan fingerprint density at radius 2 is 1.72 bits per heavy atom. The second-order valence-electron chi connectivity index (χ2n) is 9.06. The fraction of sp³-hybridized carbons (Fsp3) is 0.462. The van der Waals surface area contributed by atoms with Crippen LogP contribution in [-0.2, 0) is 16.0 Å². The Bertz CT molecular complexity index is 917. The number of anilines is 1. The van der Waals surface area contributed by atoms with Gasteiger partial charge in [-0.05, 0) is 61.9 Å². The Hall–Kier alpha value is -2.86. The van der Waals surface area contributed by atoms with E-state index in [2.05, 4.69) is 0 Å². The molecule has 0 aromatic heterocycles. The van der Waals surface area contributed by atoms with Crippen LogP contribution in [0.25, 0.3) is 0 Å². The molecule has 6 nitrogen and oxygen atoms in total. The van der Waals surface area contributed by atoms with Gasteiger partial charge in [-0.25, -0.2) is 0 Å². The van der Waals surface area contributed by atoms with E-state index in [4.69, 9.17) is 4.74 Å². The lowest BCUT2D eigenvalue weighted by molar-refractivity contribution is -0.136. The predicted octanol–water partition coefficient (Wildman–Crippen LogP) is 3.57. The zero-order valence-electron chi connectivity index (χ0n) is 18.7. The molecule has 0 atom stereocenters. The summed E-state index contributed by atoms with van der Waals surface area (Å²) in [5, 5.41) is 11.0. The van der Waals surface area contributed by atoms with E-state index in [-0.39, 0.29) is 18.2 Å². The number of hydrogen-bond acceptors (Lipinski definition) is 4. The SMILES string of the molecule is CN(C(=O)CC1(O)CCN(C(=O)Cc2ccccc2)CC1)c1ccc(OC2CCC2)cc1. The molecule has 2 aliphatic rings. The average Bonchev–Trinajstić information content (AvgIpc) is 2.77. The molecule has 1 aliphatic heterocycles.